The molecule has 1 aliphatic rings. The fraction of sp³-hybridized carbons (Fsp3) is 0.917. The van der Waals surface area contributed by atoms with Gasteiger partial charge >= 0.3 is 5.97 Å². The zero-order valence-electron chi connectivity index (χ0n) is 10.4. The molecule has 100 valence electrons. The van der Waals surface area contributed by atoms with Gasteiger partial charge in [0.15, 0.2) is 5.60 Å². The molecule has 17 heavy (non-hydrogen) atoms. The van der Waals surface area contributed by atoms with Crippen LogP contribution in [0.4, 0.5) is 0 Å². The Morgan fingerprint density at radius 1 is 1.35 bits per heavy atom. The van der Waals surface area contributed by atoms with Crippen LogP contribution in [0.1, 0.15) is 39.0 Å². The summed E-state index contributed by atoms with van der Waals surface area (Å²) in [6.45, 7) is 1.96. The fourth-order valence-electron chi connectivity index (χ4n) is 2.34. The average molecular weight is 245 g/mol. The van der Waals surface area contributed by atoms with Crippen LogP contribution in [0.5, 0.6) is 0 Å². The Kier molecular flexibility index (Phi) is 4.91. The Morgan fingerprint density at radius 3 is 2.41 bits per heavy atom. The maximum Gasteiger partial charge on any atom is 0.336 e. The number of aliphatic hydroxyl groups is 2. The summed E-state index contributed by atoms with van der Waals surface area (Å²) in [5.41, 5.74) is -1.88. The predicted octanol–water partition coefficient (Wildman–Crippen LogP) is 0.354. The van der Waals surface area contributed by atoms with E-state index in [9.17, 15) is 15.0 Å². The fourth-order valence-corrected chi connectivity index (χ4v) is 2.34. The third-order valence-corrected chi connectivity index (χ3v) is 3.68. The van der Waals surface area contributed by atoms with Crippen LogP contribution in [0.2, 0.25) is 0 Å². The average Bonchev–Trinajstić information content (AvgIpc) is 2.30. The monoisotopic (exact) mass is 245 g/mol. The van der Waals surface area contributed by atoms with Crippen LogP contribution in [0.3, 0.4) is 0 Å². The van der Waals surface area contributed by atoms with Gasteiger partial charge < -0.3 is 20.6 Å². The molecule has 4 N–H and O–H groups in total. The van der Waals surface area contributed by atoms with Gasteiger partial charge in [-0.15, -0.1) is 0 Å². The van der Waals surface area contributed by atoms with E-state index in [-0.39, 0.29) is 18.6 Å². The van der Waals surface area contributed by atoms with Gasteiger partial charge in [0.05, 0.1) is 0 Å². The van der Waals surface area contributed by atoms with Gasteiger partial charge in [-0.1, -0.05) is 19.3 Å². The van der Waals surface area contributed by atoms with Crippen molar-refractivity contribution >= 4 is 5.97 Å². The highest BCUT2D eigenvalue weighted by Gasteiger charge is 2.34. The molecule has 0 aromatic rings. The zero-order chi connectivity index (χ0) is 12.9. The van der Waals surface area contributed by atoms with Gasteiger partial charge in [0.1, 0.15) is 0 Å². The van der Waals surface area contributed by atoms with E-state index in [0.29, 0.717) is 6.54 Å². The minimum absolute atomic E-state index is 0.00405. The summed E-state index contributed by atoms with van der Waals surface area (Å²) in [6.07, 6.45) is 5.35. The highest BCUT2D eigenvalue weighted by Crippen LogP contribution is 2.35. The van der Waals surface area contributed by atoms with Crippen molar-refractivity contribution in [2.45, 2.75) is 44.6 Å². The summed E-state index contributed by atoms with van der Waals surface area (Å²) in [4.78, 5) is 10.7. The molecule has 1 atom stereocenters. The minimum atomic E-state index is -1.74. The third kappa shape index (κ3) is 3.94. The SMILES string of the molecule is CC(O)(CNCC1(CO)CCCCC1)C(=O)O. The Hall–Kier alpha value is -0.650. The van der Waals surface area contributed by atoms with Gasteiger partial charge in [-0.3, -0.25) is 0 Å². The molecule has 1 unspecified atom stereocenters. The summed E-state index contributed by atoms with van der Waals surface area (Å²) in [7, 11) is 0. The van der Waals surface area contributed by atoms with Crippen molar-refractivity contribution < 1.29 is 20.1 Å². The second-order valence-electron chi connectivity index (χ2n) is 5.40. The highest BCUT2D eigenvalue weighted by molar-refractivity contribution is 5.76. The van der Waals surface area contributed by atoms with Gasteiger partial charge in [-0.2, -0.15) is 0 Å². The third-order valence-electron chi connectivity index (χ3n) is 3.68. The van der Waals surface area contributed by atoms with Crippen molar-refractivity contribution in [2.75, 3.05) is 19.7 Å². The van der Waals surface area contributed by atoms with E-state index in [4.69, 9.17) is 5.11 Å². The molecule has 5 nitrogen and oxygen atoms in total. The molecule has 0 bridgehead atoms. The van der Waals surface area contributed by atoms with E-state index in [0.717, 1.165) is 25.7 Å². The molecule has 0 spiro atoms. The van der Waals surface area contributed by atoms with E-state index in [1.807, 2.05) is 0 Å². The maximum atomic E-state index is 10.7. The number of aliphatic carboxylic acids is 1. The van der Waals surface area contributed by atoms with Crippen molar-refractivity contribution in [3.63, 3.8) is 0 Å². The number of hydrogen-bond acceptors (Lipinski definition) is 4. The molecule has 0 aromatic heterocycles. The number of nitrogens with one attached hydrogen (secondary N) is 1. The van der Waals surface area contributed by atoms with Crippen molar-refractivity contribution in [2.24, 2.45) is 5.41 Å². The first kappa shape index (κ1) is 14.4. The standard InChI is InChI=1S/C12H23NO4/c1-11(17,10(15)16)7-13-8-12(9-14)5-3-2-4-6-12/h13-14,17H,2-9H2,1H3,(H,15,16). The molecular formula is C12H23NO4. The Balaban J connectivity index is 2.40. The number of hydrogen-bond donors (Lipinski definition) is 4. The molecular weight excluding hydrogens is 222 g/mol. The van der Waals surface area contributed by atoms with Gasteiger partial charge in [0, 0.05) is 25.1 Å². The summed E-state index contributed by atoms with van der Waals surface area (Å²) < 4.78 is 0. The maximum absolute atomic E-state index is 10.7. The number of carboxylic acid groups (broad SMARTS) is 1. The van der Waals surface area contributed by atoms with Crippen molar-refractivity contribution in [3.05, 3.63) is 0 Å². The van der Waals surface area contributed by atoms with Crippen LogP contribution in [-0.2, 0) is 4.79 Å². The summed E-state index contributed by atoms with van der Waals surface area (Å²) in [5, 5.41) is 30.8. The molecule has 1 fully saturated rings. The Bertz CT molecular complexity index is 259. The first-order valence-electron chi connectivity index (χ1n) is 6.19. The van der Waals surface area contributed by atoms with Crippen LogP contribution in [0.15, 0.2) is 0 Å². The molecule has 1 saturated carbocycles. The van der Waals surface area contributed by atoms with Crippen LogP contribution in [-0.4, -0.2) is 46.6 Å². The van der Waals surface area contributed by atoms with Crippen LogP contribution >= 0.6 is 0 Å². The molecule has 1 rings (SSSR count). The van der Waals surface area contributed by atoms with Crippen molar-refractivity contribution in [1.29, 1.82) is 0 Å². The van der Waals surface area contributed by atoms with Gasteiger partial charge in [0.2, 0.25) is 0 Å². The van der Waals surface area contributed by atoms with Gasteiger partial charge in [-0.25, -0.2) is 4.79 Å². The van der Waals surface area contributed by atoms with E-state index in [2.05, 4.69) is 5.32 Å². The Morgan fingerprint density at radius 2 is 1.94 bits per heavy atom. The molecule has 1 aliphatic carbocycles. The summed E-state index contributed by atoms with van der Waals surface area (Å²) in [6, 6.07) is 0. The molecule has 5 heteroatoms. The lowest BCUT2D eigenvalue weighted by atomic mass is 9.74. The first-order chi connectivity index (χ1) is 7.92. The molecule has 0 radical (unpaired) electrons. The first-order valence-corrected chi connectivity index (χ1v) is 6.19. The largest absolute Gasteiger partial charge is 0.479 e. The van der Waals surface area contributed by atoms with E-state index in [1.165, 1.54) is 13.3 Å². The summed E-state index contributed by atoms with van der Waals surface area (Å²) in [5.74, 6) is -1.23. The molecule has 0 saturated heterocycles. The smallest absolute Gasteiger partial charge is 0.336 e. The number of carbonyl (C=O) groups is 1. The number of carboxylic acids is 1. The molecule has 0 aromatic carbocycles. The second-order valence-corrected chi connectivity index (χ2v) is 5.40. The van der Waals surface area contributed by atoms with E-state index in [1.54, 1.807) is 0 Å². The topological polar surface area (TPSA) is 89.8 Å². The molecule has 0 aliphatic heterocycles. The minimum Gasteiger partial charge on any atom is -0.479 e. The number of aliphatic hydroxyl groups excluding tert-OH is 1. The van der Waals surface area contributed by atoms with E-state index >= 15 is 0 Å². The lowest BCUT2D eigenvalue weighted by Crippen LogP contribution is -2.48. The van der Waals surface area contributed by atoms with Gasteiger partial charge in [0.25, 0.3) is 0 Å². The van der Waals surface area contributed by atoms with Crippen LogP contribution in [0, 0.1) is 5.41 Å². The predicted molar refractivity (Wildman–Crippen MR) is 63.7 cm³/mol. The van der Waals surface area contributed by atoms with Gasteiger partial charge in [-0.05, 0) is 19.8 Å². The quantitative estimate of drug-likeness (QED) is 0.542. The number of rotatable bonds is 6. The second kappa shape index (κ2) is 5.80. The van der Waals surface area contributed by atoms with Crippen molar-refractivity contribution in [1.82, 2.24) is 5.32 Å². The van der Waals surface area contributed by atoms with Crippen LogP contribution < -0.4 is 5.32 Å². The normalized spacial score (nSPS) is 23.0. The Labute approximate surface area is 102 Å². The lowest BCUT2D eigenvalue weighted by Gasteiger charge is -2.36. The van der Waals surface area contributed by atoms with Crippen LogP contribution in [0.25, 0.3) is 0 Å². The van der Waals surface area contributed by atoms with Crippen molar-refractivity contribution in [3.8, 4) is 0 Å². The highest BCUT2D eigenvalue weighted by atomic mass is 16.4. The van der Waals surface area contributed by atoms with E-state index < -0.39 is 11.6 Å². The zero-order valence-corrected chi connectivity index (χ0v) is 10.4. The lowest BCUT2D eigenvalue weighted by molar-refractivity contribution is -0.156. The molecule has 0 heterocycles. The summed E-state index contributed by atoms with van der Waals surface area (Å²) >= 11 is 0. The molecule has 0 amide bonds.